The van der Waals surface area contributed by atoms with Gasteiger partial charge in [-0.25, -0.2) is 0 Å². The maximum atomic E-state index is 12.3. The van der Waals surface area contributed by atoms with Crippen LogP contribution in [0.5, 0.6) is 0 Å². The SMILES string of the molecule is CC1([C@H]2C[C@@H](N[S+]([O-])C(C)(C)C)c3ccnn32)CC1. The summed E-state index contributed by atoms with van der Waals surface area (Å²) in [7, 11) is 0. The quantitative estimate of drug-likeness (QED) is 0.867. The second-order valence-corrected chi connectivity index (χ2v) is 9.16. The molecule has 3 rings (SSSR count). The first-order valence-electron chi connectivity index (χ1n) is 7.03. The Morgan fingerprint density at radius 1 is 1.47 bits per heavy atom. The Balaban J connectivity index is 1.79. The molecule has 1 fully saturated rings. The van der Waals surface area contributed by atoms with Gasteiger partial charge in [0.05, 0.1) is 17.8 Å². The summed E-state index contributed by atoms with van der Waals surface area (Å²) < 4.78 is 17.5. The molecule has 4 nitrogen and oxygen atoms in total. The van der Waals surface area contributed by atoms with Crippen LogP contribution in [0.2, 0.25) is 0 Å². The van der Waals surface area contributed by atoms with Gasteiger partial charge < -0.3 is 4.55 Å². The third-order valence-corrected chi connectivity index (χ3v) is 6.07. The van der Waals surface area contributed by atoms with E-state index < -0.39 is 11.4 Å². The lowest BCUT2D eigenvalue weighted by atomic mass is 9.96. The minimum Gasteiger partial charge on any atom is -0.598 e. The van der Waals surface area contributed by atoms with E-state index in [1.165, 1.54) is 18.5 Å². The van der Waals surface area contributed by atoms with Crippen molar-refractivity contribution in [3.63, 3.8) is 0 Å². The molecule has 19 heavy (non-hydrogen) atoms. The third kappa shape index (κ3) is 2.32. The van der Waals surface area contributed by atoms with Crippen molar-refractivity contribution in [2.45, 2.75) is 63.8 Å². The number of rotatable bonds is 3. The van der Waals surface area contributed by atoms with Crippen LogP contribution in [0.25, 0.3) is 0 Å². The first kappa shape index (κ1) is 13.5. The molecule has 1 aromatic heterocycles. The summed E-state index contributed by atoms with van der Waals surface area (Å²) in [5, 5.41) is 4.48. The lowest BCUT2D eigenvalue weighted by molar-refractivity contribution is 0.310. The summed E-state index contributed by atoms with van der Waals surface area (Å²) in [4.78, 5) is 0. The van der Waals surface area contributed by atoms with Crippen molar-refractivity contribution in [1.29, 1.82) is 0 Å². The van der Waals surface area contributed by atoms with Gasteiger partial charge in [-0.15, -0.1) is 4.72 Å². The number of hydrogen-bond acceptors (Lipinski definition) is 3. The van der Waals surface area contributed by atoms with Gasteiger partial charge in [-0.1, -0.05) is 6.92 Å². The molecular weight excluding hydrogens is 258 g/mol. The molecule has 1 aliphatic heterocycles. The van der Waals surface area contributed by atoms with Gasteiger partial charge in [0.2, 0.25) is 0 Å². The molecule has 0 aromatic carbocycles. The van der Waals surface area contributed by atoms with E-state index in [9.17, 15) is 4.55 Å². The molecule has 1 saturated carbocycles. The Bertz CT molecular complexity index is 475. The van der Waals surface area contributed by atoms with Crippen LogP contribution in [0, 0.1) is 5.41 Å². The zero-order valence-electron chi connectivity index (χ0n) is 12.1. The summed E-state index contributed by atoms with van der Waals surface area (Å²) in [6.45, 7) is 8.35. The maximum Gasteiger partial charge on any atom is 0.136 e. The van der Waals surface area contributed by atoms with E-state index in [1.54, 1.807) is 0 Å². The molecule has 3 atom stereocenters. The second kappa shape index (κ2) is 4.24. The Morgan fingerprint density at radius 3 is 2.74 bits per heavy atom. The summed E-state index contributed by atoms with van der Waals surface area (Å²) in [5.74, 6) is 0. The Morgan fingerprint density at radius 2 is 2.16 bits per heavy atom. The van der Waals surface area contributed by atoms with Gasteiger partial charge in [0, 0.05) is 17.6 Å². The molecule has 1 N–H and O–H groups in total. The third-order valence-electron chi connectivity index (χ3n) is 4.46. The summed E-state index contributed by atoms with van der Waals surface area (Å²) >= 11 is -1.03. The van der Waals surface area contributed by atoms with Crippen LogP contribution in [0.15, 0.2) is 12.3 Å². The zero-order valence-corrected chi connectivity index (χ0v) is 13.0. The van der Waals surface area contributed by atoms with Crippen LogP contribution in [-0.2, 0) is 11.4 Å². The fourth-order valence-corrected chi connectivity index (χ4v) is 3.66. The van der Waals surface area contributed by atoms with Gasteiger partial charge in [-0.2, -0.15) is 5.10 Å². The van der Waals surface area contributed by atoms with E-state index in [-0.39, 0.29) is 10.8 Å². The average molecular weight is 281 g/mol. The number of hydrogen-bond donors (Lipinski definition) is 1. The Kier molecular flexibility index (Phi) is 3.00. The highest BCUT2D eigenvalue weighted by Gasteiger charge is 2.51. The normalized spacial score (nSPS) is 30.2. The minimum absolute atomic E-state index is 0.171. The fourth-order valence-electron chi connectivity index (χ4n) is 2.83. The van der Waals surface area contributed by atoms with Crippen molar-refractivity contribution >= 4 is 11.4 Å². The zero-order chi connectivity index (χ0) is 13.8. The summed E-state index contributed by atoms with van der Waals surface area (Å²) in [6, 6.07) is 2.69. The molecule has 1 aromatic rings. The van der Waals surface area contributed by atoms with E-state index in [0.717, 1.165) is 6.42 Å². The van der Waals surface area contributed by atoms with Crippen molar-refractivity contribution in [2.24, 2.45) is 5.41 Å². The van der Waals surface area contributed by atoms with Gasteiger partial charge in [-0.05, 0) is 51.5 Å². The molecule has 0 bridgehead atoms. The van der Waals surface area contributed by atoms with E-state index in [4.69, 9.17) is 0 Å². The number of fused-ring (bicyclic) bond motifs is 1. The predicted octanol–water partition coefficient (Wildman–Crippen LogP) is 2.72. The molecule has 1 unspecified atom stereocenters. The van der Waals surface area contributed by atoms with Gasteiger partial charge in [-0.3, -0.25) is 4.68 Å². The number of nitrogens with one attached hydrogen (secondary N) is 1. The molecule has 2 heterocycles. The Hall–Kier alpha value is -0.520. The van der Waals surface area contributed by atoms with Gasteiger partial charge in [0.15, 0.2) is 0 Å². The number of nitrogens with zero attached hydrogens (tertiary/aromatic N) is 2. The fraction of sp³-hybridized carbons (Fsp3) is 0.786. The predicted molar refractivity (Wildman–Crippen MR) is 77.0 cm³/mol. The summed E-state index contributed by atoms with van der Waals surface area (Å²) in [5.41, 5.74) is 1.59. The van der Waals surface area contributed by atoms with Crippen LogP contribution >= 0.6 is 0 Å². The molecule has 0 saturated heterocycles. The molecular formula is C14H23N3OS. The summed E-state index contributed by atoms with van der Waals surface area (Å²) in [6.07, 6.45) is 5.45. The monoisotopic (exact) mass is 281 g/mol. The van der Waals surface area contributed by atoms with Crippen LogP contribution in [0.1, 0.15) is 64.7 Å². The molecule has 1 aliphatic carbocycles. The van der Waals surface area contributed by atoms with Crippen LogP contribution in [0.3, 0.4) is 0 Å². The highest BCUT2D eigenvalue weighted by Crippen LogP contribution is 2.58. The van der Waals surface area contributed by atoms with E-state index in [1.807, 2.05) is 27.0 Å². The topological polar surface area (TPSA) is 52.9 Å². The average Bonchev–Trinajstić information content (AvgIpc) is 2.76. The molecule has 0 amide bonds. The largest absolute Gasteiger partial charge is 0.598 e. The second-order valence-electron chi connectivity index (χ2n) is 7.16. The molecule has 106 valence electrons. The van der Waals surface area contributed by atoms with Crippen molar-refractivity contribution in [1.82, 2.24) is 14.5 Å². The van der Waals surface area contributed by atoms with E-state index in [2.05, 4.69) is 27.5 Å². The molecule has 5 heteroatoms. The molecule has 2 aliphatic rings. The molecule has 0 radical (unpaired) electrons. The van der Waals surface area contributed by atoms with Gasteiger partial charge in [0.1, 0.15) is 4.75 Å². The van der Waals surface area contributed by atoms with Crippen LogP contribution < -0.4 is 4.72 Å². The van der Waals surface area contributed by atoms with Crippen LogP contribution in [-0.4, -0.2) is 19.1 Å². The lowest BCUT2D eigenvalue weighted by Gasteiger charge is -2.26. The van der Waals surface area contributed by atoms with E-state index in [0.29, 0.717) is 11.5 Å². The highest BCUT2D eigenvalue weighted by atomic mass is 32.2. The van der Waals surface area contributed by atoms with Crippen molar-refractivity contribution < 1.29 is 4.55 Å². The first-order chi connectivity index (χ1) is 8.81. The van der Waals surface area contributed by atoms with Crippen molar-refractivity contribution in [3.8, 4) is 0 Å². The van der Waals surface area contributed by atoms with Crippen LogP contribution in [0.4, 0.5) is 0 Å². The van der Waals surface area contributed by atoms with Crippen molar-refractivity contribution in [2.75, 3.05) is 0 Å². The Labute approximate surface area is 118 Å². The smallest absolute Gasteiger partial charge is 0.136 e. The maximum absolute atomic E-state index is 12.3. The first-order valence-corrected chi connectivity index (χ1v) is 8.18. The standard InChI is InChI=1S/C14H23N3OS/c1-13(2,3)19(18)16-10-9-12(14(4)6-7-14)17-11(10)5-8-15-17/h5,8,10,12,16H,6-7,9H2,1-4H3/t10-,12-,19?/m1/s1. The minimum atomic E-state index is -1.03. The number of aromatic nitrogens is 2. The van der Waals surface area contributed by atoms with Gasteiger partial charge in [0.25, 0.3) is 0 Å². The lowest BCUT2D eigenvalue weighted by Crippen LogP contribution is -2.40. The van der Waals surface area contributed by atoms with E-state index >= 15 is 0 Å². The van der Waals surface area contributed by atoms with Gasteiger partial charge >= 0.3 is 0 Å². The highest BCUT2D eigenvalue weighted by molar-refractivity contribution is 7.90. The molecule has 0 spiro atoms. The van der Waals surface area contributed by atoms with Crippen molar-refractivity contribution in [3.05, 3.63) is 18.0 Å².